The fourth-order valence-corrected chi connectivity index (χ4v) is 4.23. The fourth-order valence-electron chi connectivity index (χ4n) is 4.23. The summed E-state index contributed by atoms with van der Waals surface area (Å²) in [5.41, 5.74) is 1.47. The molecular formula is C22H36IN3O2. The van der Waals surface area contributed by atoms with Gasteiger partial charge in [-0.05, 0) is 43.1 Å². The van der Waals surface area contributed by atoms with E-state index < -0.39 is 0 Å². The number of nitrogens with one attached hydrogen (secondary N) is 1. The Hall–Kier alpha value is -0.860. The fraction of sp³-hybridized carbons (Fsp3) is 0.682. The summed E-state index contributed by atoms with van der Waals surface area (Å²) in [4.78, 5) is 6.90. The van der Waals surface area contributed by atoms with E-state index >= 15 is 0 Å². The molecule has 0 spiro atoms. The highest BCUT2D eigenvalue weighted by Gasteiger charge is 2.28. The molecule has 28 heavy (non-hydrogen) atoms. The van der Waals surface area contributed by atoms with Gasteiger partial charge in [0, 0.05) is 39.9 Å². The summed E-state index contributed by atoms with van der Waals surface area (Å²) < 4.78 is 11.3. The predicted molar refractivity (Wildman–Crippen MR) is 126 cm³/mol. The molecule has 0 radical (unpaired) electrons. The number of nitrogens with zero attached hydrogens (tertiary/aromatic N) is 2. The average molecular weight is 501 g/mol. The zero-order valence-electron chi connectivity index (χ0n) is 17.3. The van der Waals surface area contributed by atoms with Gasteiger partial charge in [0.2, 0.25) is 0 Å². The lowest BCUT2D eigenvalue weighted by Gasteiger charge is -2.39. The Morgan fingerprint density at radius 1 is 1.29 bits per heavy atom. The van der Waals surface area contributed by atoms with Crippen LogP contribution in [0.2, 0.25) is 0 Å². The molecule has 0 aliphatic carbocycles. The molecule has 2 aliphatic heterocycles. The van der Waals surface area contributed by atoms with Crippen molar-refractivity contribution in [1.29, 1.82) is 0 Å². The second-order valence-electron chi connectivity index (χ2n) is 7.77. The first-order chi connectivity index (χ1) is 13.3. The van der Waals surface area contributed by atoms with Crippen LogP contribution in [0.3, 0.4) is 0 Å². The number of aliphatic imine (C=N–C) groups is 1. The third-order valence-corrected chi connectivity index (χ3v) is 5.72. The van der Waals surface area contributed by atoms with Gasteiger partial charge in [-0.1, -0.05) is 37.3 Å². The summed E-state index contributed by atoms with van der Waals surface area (Å²) in [6, 6.07) is 10.9. The topological polar surface area (TPSA) is 46.1 Å². The summed E-state index contributed by atoms with van der Waals surface area (Å²) in [6.07, 6.45) is 4.80. The van der Waals surface area contributed by atoms with Crippen LogP contribution in [-0.2, 0) is 9.47 Å². The number of halogens is 1. The first-order valence-electron chi connectivity index (χ1n) is 10.5. The summed E-state index contributed by atoms with van der Waals surface area (Å²) in [7, 11) is 1.88. The third kappa shape index (κ3) is 6.88. The van der Waals surface area contributed by atoms with Crippen LogP contribution >= 0.6 is 24.0 Å². The standard InChI is InChI=1S/C22H35N3O2.HI/c1-18-16-25(13-11-21(18)19-8-4-3-5-9-19)22(23-2)24-12-7-14-26-17-20-10-6-15-27-20;/h3-5,8-9,18,20-21H,6-7,10-17H2,1-2H3,(H,23,24);1H. The van der Waals surface area contributed by atoms with E-state index in [-0.39, 0.29) is 24.0 Å². The van der Waals surface area contributed by atoms with Crippen LogP contribution in [-0.4, -0.2) is 63.5 Å². The van der Waals surface area contributed by atoms with Gasteiger partial charge in [0.05, 0.1) is 12.7 Å². The molecule has 3 atom stereocenters. The molecule has 2 heterocycles. The molecule has 0 aromatic heterocycles. The smallest absolute Gasteiger partial charge is 0.193 e. The lowest BCUT2D eigenvalue weighted by atomic mass is 9.82. The molecule has 1 aromatic rings. The zero-order valence-corrected chi connectivity index (χ0v) is 19.6. The van der Waals surface area contributed by atoms with Crippen LogP contribution in [0.15, 0.2) is 35.3 Å². The molecule has 1 aromatic carbocycles. The molecule has 3 rings (SSSR count). The molecular weight excluding hydrogens is 465 g/mol. The van der Waals surface area contributed by atoms with E-state index in [0.717, 1.165) is 58.3 Å². The minimum Gasteiger partial charge on any atom is -0.379 e. The Kier molecular flexibility index (Phi) is 10.6. The number of guanidine groups is 1. The van der Waals surface area contributed by atoms with Gasteiger partial charge in [0.15, 0.2) is 5.96 Å². The molecule has 2 saturated heterocycles. The predicted octanol–water partition coefficient (Wildman–Crippen LogP) is 3.89. The van der Waals surface area contributed by atoms with Crippen molar-refractivity contribution in [2.75, 3.05) is 46.5 Å². The third-order valence-electron chi connectivity index (χ3n) is 5.72. The minimum absolute atomic E-state index is 0. The highest BCUT2D eigenvalue weighted by molar-refractivity contribution is 14.0. The maximum Gasteiger partial charge on any atom is 0.193 e. The second kappa shape index (κ2) is 12.6. The minimum atomic E-state index is 0. The van der Waals surface area contributed by atoms with E-state index in [4.69, 9.17) is 9.47 Å². The van der Waals surface area contributed by atoms with E-state index in [0.29, 0.717) is 17.9 Å². The first-order valence-corrected chi connectivity index (χ1v) is 10.5. The van der Waals surface area contributed by atoms with Gasteiger partial charge in [0.25, 0.3) is 0 Å². The molecule has 0 bridgehead atoms. The summed E-state index contributed by atoms with van der Waals surface area (Å²) >= 11 is 0. The molecule has 0 amide bonds. The van der Waals surface area contributed by atoms with Crippen molar-refractivity contribution >= 4 is 29.9 Å². The van der Waals surface area contributed by atoms with Crippen molar-refractivity contribution < 1.29 is 9.47 Å². The Balaban J connectivity index is 0.00000280. The zero-order chi connectivity index (χ0) is 18.9. The van der Waals surface area contributed by atoms with E-state index in [1.54, 1.807) is 0 Å². The second-order valence-corrected chi connectivity index (χ2v) is 7.77. The molecule has 2 fully saturated rings. The number of benzene rings is 1. The highest BCUT2D eigenvalue weighted by atomic mass is 127. The number of likely N-dealkylation sites (tertiary alicyclic amines) is 1. The molecule has 6 heteroatoms. The monoisotopic (exact) mass is 501 g/mol. The van der Waals surface area contributed by atoms with Crippen molar-refractivity contribution in [1.82, 2.24) is 10.2 Å². The van der Waals surface area contributed by atoms with E-state index in [9.17, 15) is 0 Å². The molecule has 3 unspecified atom stereocenters. The molecule has 1 N–H and O–H groups in total. The van der Waals surface area contributed by atoms with Gasteiger partial charge in [-0.3, -0.25) is 4.99 Å². The van der Waals surface area contributed by atoms with Gasteiger partial charge in [0.1, 0.15) is 0 Å². The molecule has 5 nitrogen and oxygen atoms in total. The largest absolute Gasteiger partial charge is 0.379 e. The normalized spacial score (nSPS) is 25.4. The maximum absolute atomic E-state index is 5.74. The van der Waals surface area contributed by atoms with E-state index in [1.165, 1.54) is 18.4 Å². The highest BCUT2D eigenvalue weighted by Crippen LogP contribution is 2.32. The van der Waals surface area contributed by atoms with Crippen molar-refractivity contribution in [2.24, 2.45) is 10.9 Å². The van der Waals surface area contributed by atoms with Crippen LogP contribution in [0, 0.1) is 5.92 Å². The Morgan fingerprint density at radius 3 is 2.79 bits per heavy atom. The van der Waals surface area contributed by atoms with Crippen molar-refractivity contribution in [3.05, 3.63) is 35.9 Å². The molecule has 158 valence electrons. The average Bonchev–Trinajstić information content (AvgIpc) is 3.21. The molecule has 2 aliphatic rings. The van der Waals surface area contributed by atoms with Crippen LogP contribution < -0.4 is 5.32 Å². The lowest BCUT2D eigenvalue weighted by molar-refractivity contribution is 0.0168. The van der Waals surface area contributed by atoms with Crippen LogP contribution in [0.1, 0.15) is 44.1 Å². The Labute approximate surface area is 187 Å². The van der Waals surface area contributed by atoms with Crippen LogP contribution in [0.5, 0.6) is 0 Å². The van der Waals surface area contributed by atoms with Crippen molar-refractivity contribution in [3.63, 3.8) is 0 Å². The quantitative estimate of drug-likeness (QED) is 0.267. The van der Waals surface area contributed by atoms with Gasteiger partial charge in [-0.2, -0.15) is 0 Å². The van der Waals surface area contributed by atoms with Gasteiger partial charge >= 0.3 is 0 Å². The lowest BCUT2D eigenvalue weighted by Crippen LogP contribution is -2.48. The van der Waals surface area contributed by atoms with Crippen molar-refractivity contribution in [2.45, 2.75) is 44.6 Å². The Morgan fingerprint density at radius 2 is 2.11 bits per heavy atom. The number of rotatable bonds is 7. The van der Waals surface area contributed by atoms with E-state index in [1.807, 2.05) is 7.05 Å². The van der Waals surface area contributed by atoms with Crippen LogP contribution in [0.4, 0.5) is 0 Å². The number of hydrogen-bond donors (Lipinski definition) is 1. The van der Waals surface area contributed by atoms with Gasteiger partial charge in [-0.15, -0.1) is 24.0 Å². The SMILES string of the molecule is CN=C(NCCCOCC1CCCO1)N1CCC(c2ccccc2)C(C)C1.I. The van der Waals surface area contributed by atoms with Crippen molar-refractivity contribution in [3.8, 4) is 0 Å². The summed E-state index contributed by atoms with van der Waals surface area (Å²) in [5.74, 6) is 2.29. The number of hydrogen-bond acceptors (Lipinski definition) is 3. The molecule has 0 saturated carbocycles. The van der Waals surface area contributed by atoms with Crippen LogP contribution in [0.25, 0.3) is 0 Å². The Bertz CT molecular complexity index is 578. The maximum atomic E-state index is 5.74. The number of piperidine rings is 1. The summed E-state index contributed by atoms with van der Waals surface area (Å²) in [5, 5.41) is 3.51. The number of ether oxygens (including phenoxy) is 2. The van der Waals surface area contributed by atoms with E-state index in [2.05, 4.69) is 52.5 Å². The van der Waals surface area contributed by atoms with Gasteiger partial charge in [-0.25, -0.2) is 0 Å². The van der Waals surface area contributed by atoms with Gasteiger partial charge < -0.3 is 19.7 Å². The first kappa shape index (κ1) is 23.4. The summed E-state index contributed by atoms with van der Waals surface area (Å²) in [6.45, 7) is 7.76.